The molecule has 3 unspecified atom stereocenters. The Balaban J connectivity index is 1.95. The molecule has 0 aliphatic rings. The lowest BCUT2D eigenvalue weighted by Gasteiger charge is -2.25. The van der Waals surface area contributed by atoms with Crippen LogP contribution in [0.5, 0.6) is 11.8 Å². The number of nitrogens with one attached hydrogen (secondary N) is 4. The molecule has 2 aromatic rings. The van der Waals surface area contributed by atoms with Crippen molar-refractivity contribution in [3.63, 3.8) is 0 Å². The Bertz CT molecular complexity index is 1380. The molecule has 1 heterocycles. The molecule has 1 aromatic heterocycles. The van der Waals surface area contributed by atoms with Gasteiger partial charge in [0.2, 0.25) is 17.7 Å². The molecule has 0 saturated heterocycles. The van der Waals surface area contributed by atoms with Crippen LogP contribution in [0.25, 0.3) is 0 Å². The van der Waals surface area contributed by atoms with Crippen LogP contribution in [-0.4, -0.2) is 63.3 Å². The SMILES string of the molecule is CCC(C)c1cc(O)n(CCCCCC(=O)NC(C(=O)NC(CCCNC(N)=O)C(=O)Nc2ccc(COC(N)=O)cc2)C(C)C)c1O. The number of primary amides is 2. The van der Waals surface area contributed by atoms with Crippen molar-refractivity contribution in [2.45, 2.75) is 104 Å². The van der Waals surface area contributed by atoms with Crippen LogP contribution in [0.3, 0.4) is 0 Å². The molecule has 15 nitrogen and oxygen atoms in total. The summed E-state index contributed by atoms with van der Waals surface area (Å²) in [6.45, 7) is 8.12. The van der Waals surface area contributed by atoms with Crippen molar-refractivity contribution in [2.24, 2.45) is 17.4 Å². The van der Waals surface area contributed by atoms with Crippen LogP contribution in [0, 0.1) is 5.92 Å². The van der Waals surface area contributed by atoms with Gasteiger partial charge in [-0.3, -0.25) is 19.0 Å². The van der Waals surface area contributed by atoms with Crippen molar-refractivity contribution in [1.82, 2.24) is 20.5 Å². The third-order valence-electron chi connectivity index (χ3n) is 7.97. The van der Waals surface area contributed by atoms with Crippen molar-refractivity contribution >= 4 is 35.5 Å². The number of anilines is 1. The second-order valence-electron chi connectivity index (χ2n) is 12.1. The summed E-state index contributed by atoms with van der Waals surface area (Å²) in [7, 11) is 0. The molecular formula is C33H51N7O8. The molecule has 0 spiro atoms. The van der Waals surface area contributed by atoms with Gasteiger partial charge in [-0.05, 0) is 61.6 Å². The topological polar surface area (TPSA) is 240 Å². The number of hydrogen-bond acceptors (Lipinski definition) is 8. The first-order valence-electron chi connectivity index (χ1n) is 16.3. The molecule has 1 aromatic carbocycles. The first-order valence-corrected chi connectivity index (χ1v) is 16.3. The fourth-order valence-corrected chi connectivity index (χ4v) is 4.98. The Kier molecular flexibility index (Phi) is 16.1. The first-order chi connectivity index (χ1) is 22.7. The predicted octanol–water partition coefficient (Wildman–Crippen LogP) is 3.28. The lowest BCUT2D eigenvalue weighted by Crippen LogP contribution is -2.54. The van der Waals surface area contributed by atoms with Gasteiger partial charge < -0.3 is 47.7 Å². The third-order valence-corrected chi connectivity index (χ3v) is 7.97. The Hall–Kier alpha value is -4.95. The molecule has 3 atom stereocenters. The van der Waals surface area contributed by atoms with Gasteiger partial charge in [-0.25, -0.2) is 9.59 Å². The molecule has 266 valence electrons. The third kappa shape index (κ3) is 13.0. The number of benzene rings is 1. The number of aromatic hydroxyl groups is 2. The smallest absolute Gasteiger partial charge is 0.404 e. The molecule has 2 rings (SSSR count). The standard InChI is InChI=1S/C33H51N7O8/c1-5-21(4)24-18-27(42)40(31(24)45)17-8-6-7-11-26(41)39-28(20(2)3)30(44)38-25(10-9-16-36-32(34)46)29(43)37-23-14-12-22(13-15-23)19-48-33(35)47/h12-15,18,20-21,25,28,42,45H,5-11,16-17,19H2,1-4H3,(H2,35,47)(H,37,43)(H,38,44)(H,39,41)(H3,34,36,46). The number of ether oxygens (including phenoxy) is 1. The second kappa shape index (κ2) is 19.7. The van der Waals surface area contributed by atoms with Gasteiger partial charge in [0, 0.05) is 36.8 Å². The minimum Gasteiger partial charge on any atom is -0.494 e. The summed E-state index contributed by atoms with van der Waals surface area (Å²) in [5.41, 5.74) is 11.9. The van der Waals surface area contributed by atoms with E-state index in [4.69, 9.17) is 16.2 Å². The lowest BCUT2D eigenvalue weighted by molar-refractivity contribution is -0.132. The van der Waals surface area contributed by atoms with Crippen molar-refractivity contribution in [3.05, 3.63) is 41.5 Å². The minimum absolute atomic E-state index is 0.00696. The van der Waals surface area contributed by atoms with Crippen molar-refractivity contribution < 1.29 is 38.9 Å². The van der Waals surface area contributed by atoms with Crippen LogP contribution in [0.2, 0.25) is 0 Å². The number of nitrogens with zero attached hydrogens (tertiary/aromatic N) is 1. The zero-order chi connectivity index (χ0) is 35.8. The van der Waals surface area contributed by atoms with Crippen LogP contribution in [0.4, 0.5) is 15.3 Å². The normalized spacial score (nSPS) is 12.9. The molecule has 0 fully saturated rings. The molecule has 0 radical (unpaired) electrons. The van der Waals surface area contributed by atoms with E-state index >= 15 is 0 Å². The van der Waals surface area contributed by atoms with E-state index in [0.29, 0.717) is 49.0 Å². The number of carbonyl (C=O) groups is 5. The highest BCUT2D eigenvalue weighted by atomic mass is 16.5. The second-order valence-corrected chi connectivity index (χ2v) is 12.1. The number of rotatable bonds is 20. The van der Waals surface area contributed by atoms with Crippen molar-refractivity contribution in [2.75, 3.05) is 11.9 Å². The van der Waals surface area contributed by atoms with Crippen LogP contribution >= 0.6 is 0 Å². The van der Waals surface area contributed by atoms with Crippen molar-refractivity contribution in [3.8, 4) is 11.8 Å². The van der Waals surface area contributed by atoms with E-state index in [1.165, 1.54) is 4.57 Å². The molecule has 0 saturated carbocycles. The van der Waals surface area contributed by atoms with Gasteiger partial charge in [0.15, 0.2) is 11.8 Å². The number of aromatic nitrogens is 1. The fourth-order valence-electron chi connectivity index (χ4n) is 4.98. The van der Waals surface area contributed by atoms with Crippen LogP contribution in [0.15, 0.2) is 30.3 Å². The van der Waals surface area contributed by atoms with E-state index in [1.54, 1.807) is 44.2 Å². The van der Waals surface area contributed by atoms with E-state index < -0.39 is 36.0 Å². The molecule has 48 heavy (non-hydrogen) atoms. The molecule has 0 aliphatic heterocycles. The number of carbonyl (C=O) groups excluding carboxylic acids is 5. The summed E-state index contributed by atoms with van der Waals surface area (Å²) in [6, 6.07) is 5.48. The maximum Gasteiger partial charge on any atom is 0.404 e. The number of amides is 6. The number of urea groups is 1. The van der Waals surface area contributed by atoms with Crippen molar-refractivity contribution in [1.29, 1.82) is 0 Å². The first kappa shape index (κ1) is 39.2. The summed E-state index contributed by atoms with van der Waals surface area (Å²) in [4.78, 5) is 61.4. The average Bonchev–Trinajstić information content (AvgIpc) is 3.32. The van der Waals surface area contributed by atoms with Gasteiger partial charge in [0.05, 0.1) is 0 Å². The largest absolute Gasteiger partial charge is 0.494 e. The fraction of sp³-hybridized carbons (Fsp3) is 0.545. The van der Waals surface area contributed by atoms with Gasteiger partial charge in [0.1, 0.15) is 18.7 Å². The summed E-state index contributed by atoms with van der Waals surface area (Å²) in [5.74, 6) is -1.46. The van der Waals surface area contributed by atoms with E-state index in [1.807, 2.05) is 13.8 Å². The quantitative estimate of drug-likeness (QED) is 0.0968. The average molecular weight is 674 g/mol. The lowest BCUT2D eigenvalue weighted by atomic mass is 10.0. The molecule has 10 N–H and O–H groups in total. The van der Waals surface area contributed by atoms with Gasteiger partial charge in [0.25, 0.3) is 0 Å². The summed E-state index contributed by atoms with van der Waals surface area (Å²) < 4.78 is 6.22. The van der Waals surface area contributed by atoms with E-state index in [-0.39, 0.29) is 55.5 Å². The van der Waals surface area contributed by atoms with E-state index in [0.717, 1.165) is 6.42 Å². The van der Waals surface area contributed by atoms with Crippen LogP contribution < -0.4 is 32.7 Å². The Morgan fingerprint density at radius 1 is 0.917 bits per heavy atom. The Labute approximate surface area is 281 Å². The zero-order valence-corrected chi connectivity index (χ0v) is 28.2. The summed E-state index contributed by atoms with van der Waals surface area (Å²) >= 11 is 0. The minimum atomic E-state index is -0.995. The van der Waals surface area contributed by atoms with Crippen LogP contribution in [0.1, 0.15) is 89.7 Å². The molecule has 0 aliphatic carbocycles. The number of nitrogens with two attached hydrogens (primary N) is 2. The molecule has 6 amide bonds. The number of unbranched alkanes of at least 4 members (excludes halogenated alkanes) is 2. The Morgan fingerprint density at radius 2 is 1.60 bits per heavy atom. The maximum atomic E-state index is 13.4. The maximum absolute atomic E-state index is 13.4. The highest BCUT2D eigenvalue weighted by molar-refractivity contribution is 5.98. The highest BCUT2D eigenvalue weighted by Crippen LogP contribution is 2.34. The van der Waals surface area contributed by atoms with Gasteiger partial charge in [-0.2, -0.15) is 0 Å². The van der Waals surface area contributed by atoms with E-state index in [2.05, 4.69) is 21.3 Å². The predicted molar refractivity (Wildman–Crippen MR) is 180 cm³/mol. The van der Waals surface area contributed by atoms with E-state index in [9.17, 15) is 34.2 Å². The highest BCUT2D eigenvalue weighted by Gasteiger charge is 2.29. The van der Waals surface area contributed by atoms with Gasteiger partial charge in [-0.1, -0.05) is 46.2 Å². The van der Waals surface area contributed by atoms with Gasteiger partial charge >= 0.3 is 12.1 Å². The molecule has 0 bridgehead atoms. The number of hydrogen-bond donors (Lipinski definition) is 8. The monoisotopic (exact) mass is 673 g/mol. The molecular weight excluding hydrogens is 622 g/mol. The Morgan fingerprint density at radius 3 is 2.21 bits per heavy atom. The van der Waals surface area contributed by atoms with Gasteiger partial charge in [-0.15, -0.1) is 0 Å². The molecule has 15 heteroatoms. The zero-order valence-electron chi connectivity index (χ0n) is 28.2. The summed E-state index contributed by atoms with van der Waals surface area (Å²) in [5, 5.41) is 31.5. The summed E-state index contributed by atoms with van der Waals surface area (Å²) in [6.07, 6.45) is 2.41. The van der Waals surface area contributed by atoms with Crippen LogP contribution in [-0.2, 0) is 32.3 Å².